The Balaban J connectivity index is 2.09. The van der Waals surface area contributed by atoms with Crippen molar-refractivity contribution in [1.29, 1.82) is 0 Å². The van der Waals surface area contributed by atoms with Gasteiger partial charge in [-0.1, -0.05) is 0 Å². The highest BCUT2D eigenvalue weighted by Crippen LogP contribution is 2.22. The molecule has 1 aliphatic rings. The normalized spacial score (nSPS) is 20.1. The number of hydrogen-bond acceptors (Lipinski definition) is 4. The minimum Gasteiger partial charge on any atom is -0.338 e. The van der Waals surface area contributed by atoms with E-state index in [0.717, 1.165) is 25.0 Å². The first-order chi connectivity index (χ1) is 10.4. The molecule has 1 fully saturated rings. The van der Waals surface area contributed by atoms with Crippen molar-refractivity contribution in [2.45, 2.75) is 42.4 Å². The topological polar surface area (TPSA) is 80.5 Å². The summed E-state index contributed by atoms with van der Waals surface area (Å²) in [5, 5.41) is -0.857. The molecule has 1 aromatic rings. The third kappa shape index (κ3) is 3.47. The number of benzene rings is 1. The predicted octanol–water partition coefficient (Wildman–Crippen LogP) is 1.33. The molecule has 0 aliphatic carbocycles. The van der Waals surface area contributed by atoms with Crippen LogP contribution in [-0.4, -0.2) is 43.6 Å². The lowest BCUT2D eigenvalue weighted by Crippen LogP contribution is -2.41. The molecule has 0 saturated carbocycles. The number of carbonyl (C=O) groups excluding carboxylic acids is 1. The van der Waals surface area contributed by atoms with Gasteiger partial charge in [-0.15, -0.1) is 0 Å². The van der Waals surface area contributed by atoms with Gasteiger partial charge < -0.3 is 10.6 Å². The fraction of sp³-hybridized carbons (Fsp3) is 0.533. The van der Waals surface area contributed by atoms with Crippen LogP contribution in [0.3, 0.4) is 0 Å². The average Bonchev–Trinajstić information content (AvgIpc) is 2.96. The molecule has 1 heterocycles. The Kier molecular flexibility index (Phi) is 5.18. The van der Waals surface area contributed by atoms with Crippen LogP contribution >= 0.6 is 0 Å². The van der Waals surface area contributed by atoms with E-state index in [0.29, 0.717) is 13.1 Å². The van der Waals surface area contributed by atoms with Crippen molar-refractivity contribution in [2.75, 3.05) is 13.1 Å². The molecule has 1 amide bonds. The van der Waals surface area contributed by atoms with Crippen LogP contribution in [0.2, 0.25) is 0 Å². The fourth-order valence-electron chi connectivity index (χ4n) is 2.74. The minimum absolute atomic E-state index is 0.00762. The van der Waals surface area contributed by atoms with Crippen LogP contribution in [0.5, 0.6) is 0 Å². The molecule has 2 N–H and O–H groups in total. The van der Waals surface area contributed by atoms with Gasteiger partial charge in [0.15, 0.2) is 9.84 Å². The molecule has 5 nitrogen and oxygen atoms in total. The standard InChI is InChI=1S/C15H21FN2O3S/c1-11(9-15(19)18-8-2-3-13(18)10-17)22(20,21)14-6-4-12(16)5-7-14/h4-7,11,13H,2-3,8-10,17H2,1H3/t11-,13+/m0/s1. The Bertz CT molecular complexity index is 631. The van der Waals surface area contributed by atoms with Crippen molar-refractivity contribution < 1.29 is 17.6 Å². The molecule has 1 aliphatic heterocycles. The van der Waals surface area contributed by atoms with E-state index in [4.69, 9.17) is 5.73 Å². The summed E-state index contributed by atoms with van der Waals surface area (Å²) in [6.45, 7) is 2.53. The Hall–Kier alpha value is -1.47. The molecule has 1 aromatic carbocycles. The number of hydrogen-bond donors (Lipinski definition) is 1. The summed E-state index contributed by atoms with van der Waals surface area (Å²) in [6.07, 6.45) is 1.67. The summed E-state index contributed by atoms with van der Waals surface area (Å²) in [4.78, 5) is 14.0. The molecular weight excluding hydrogens is 307 g/mol. The van der Waals surface area contributed by atoms with Gasteiger partial charge in [-0.05, 0) is 44.0 Å². The SMILES string of the molecule is C[C@@H](CC(=O)N1CCC[C@@H]1CN)S(=O)(=O)c1ccc(F)cc1. The fourth-order valence-corrected chi connectivity index (χ4v) is 4.08. The second kappa shape index (κ2) is 6.75. The van der Waals surface area contributed by atoms with Crippen LogP contribution in [0.15, 0.2) is 29.2 Å². The van der Waals surface area contributed by atoms with Crippen LogP contribution in [-0.2, 0) is 14.6 Å². The first-order valence-corrected chi connectivity index (χ1v) is 8.90. The molecule has 0 radical (unpaired) electrons. The van der Waals surface area contributed by atoms with Crippen molar-refractivity contribution in [3.63, 3.8) is 0 Å². The first-order valence-electron chi connectivity index (χ1n) is 7.35. The number of nitrogens with zero attached hydrogens (tertiary/aromatic N) is 1. The highest BCUT2D eigenvalue weighted by atomic mass is 32.2. The molecule has 22 heavy (non-hydrogen) atoms. The number of likely N-dealkylation sites (tertiary alicyclic amines) is 1. The maximum Gasteiger partial charge on any atom is 0.224 e. The van der Waals surface area contributed by atoms with Crippen molar-refractivity contribution in [3.05, 3.63) is 30.1 Å². The number of sulfone groups is 1. The smallest absolute Gasteiger partial charge is 0.224 e. The van der Waals surface area contributed by atoms with Crippen LogP contribution in [0.4, 0.5) is 4.39 Å². The lowest BCUT2D eigenvalue weighted by molar-refractivity contribution is -0.131. The second-order valence-electron chi connectivity index (χ2n) is 5.63. The predicted molar refractivity (Wildman–Crippen MR) is 81.5 cm³/mol. The van der Waals surface area contributed by atoms with Crippen LogP contribution in [0, 0.1) is 5.82 Å². The van der Waals surface area contributed by atoms with E-state index in [-0.39, 0.29) is 23.3 Å². The van der Waals surface area contributed by atoms with E-state index in [1.165, 1.54) is 19.1 Å². The van der Waals surface area contributed by atoms with Gasteiger partial charge in [0, 0.05) is 25.6 Å². The summed E-state index contributed by atoms with van der Waals surface area (Å²) in [6, 6.07) is 4.67. The molecule has 7 heteroatoms. The van der Waals surface area contributed by atoms with Crippen molar-refractivity contribution in [3.8, 4) is 0 Å². The Labute approximate surface area is 130 Å². The van der Waals surface area contributed by atoms with Crippen LogP contribution in [0.25, 0.3) is 0 Å². The van der Waals surface area contributed by atoms with E-state index >= 15 is 0 Å². The van der Waals surface area contributed by atoms with E-state index in [1.54, 1.807) is 4.90 Å². The van der Waals surface area contributed by atoms with Gasteiger partial charge in [-0.2, -0.15) is 0 Å². The van der Waals surface area contributed by atoms with Crippen LogP contribution < -0.4 is 5.73 Å². The highest BCUT2D eigenvalue weighted by Gasteiger charge is 2.32. The van der Waals surface area contributed by atoms with Gasteiger partial charge in [-0.3, -0.25) is 4.79 Å². The molecule has 122 valence electrons. The van der Waals surface area contributed by atoms with Gasteiger partial charge in [0.25, 0.3) is 0 Å². The summed E-state index contributed by atoms with van der Waals surface area (Å²) < 4.78 is 37.8. The maximum absolute atomic E-state index is 12.9. The molecule has 2 rings (SSSR count). The first kappa shape index (κ1) is 16.9. The highest BCUT2D eigenvalue weighted by molar-refractivity contribution is 7.92. The molecular formula is C15H21FN2O3S. The quantitative estimate of drug-likeness (QED) is 0.827. The number of carbonyl (C=O) groups is 1. The Morgan fingerprint density at radius 2 is 2.05 bits per heavy atom. The second-order valence-corrected chi connectivity index (χ2v) is 8.00. The lowest BCUT2D eigenvalue weighted by Gasteiger charge is -2.25. The summed E-state index contributed by atoms with van der Waals surface area (Å²) in [5.41, 5.74) is 5.64. The lowest BCUT2D eigenvalue weighted by atomic mass is 10.2. The number of rotatable bonds is 5. The molecule has 0 unspecified atom stereocenters. The van der Waals surface area contributed by atoms with Gasteiger partial charge >= 0.3 is 0 Å². The molecule has 0 spiro atoms. The number of nitrogens with two attached hydrogens (primary N) is 1. The zero-order chi connectivity index (χ0) is 16.3. The Morgan fingerprint density at radius 1 is 1.41 bits per heavy atom. The molecule has 1 saturated heterocycles. The zero-order valence-electron chi connectivity index (χ0n) is 12.5. The molecule has 2 atom stereocenters. The molecule has 0 bridgehead atoms. The van der Waals surface area contributed by atoms with E-state index in [2.05, 4.69) is 0 Å². The average molecular weight is 328 g/mol. The van der Waals surface area contributed by atoms with Crippen LogP contribution in [0.1, 0.15) is 26.2 Å². The van der Waals surface area contributed by atoms with E-state index in [9.17, 15) is 17.6 Å². The largest absolute Gasteiger partial charge is 0.338 e. The number of halogens is 1. The summed E-state index contributed by atoms with van der Waals surface area (Å²) in [5.74, 6) is -0.684. The maximum atomic E-state index is 12.9. The van der Waals surface area contributed by atoms with Crippen molar-refractivity contribution >= 4 is 15.7 Å². The Morgan fingerprint density at radius 3 is 2.64 bits per heavy atom. The van der Waals surface area contributed by atoms with E-state index < -0.39 is 20.9 Å². The third-order valence-electron chi connectivity index (χ3n) is 4.10. The number of amides is 1. The van der Waals surface area contributed by atoms with Gasteiger partial charge in [-0.25, -0.2) is 12.8 Å². The third-order valence-corrected chi connectivity index (χ3v) is 6.26. The monoisotopic (exact) mass is 328 g/mol. The van der Waals surface area contributed by atoms with Gasteiger partial charge in [0.05, 0.1) is 10.1 Å². The summed E-state index contributed by atoms with van der Waals surface area (Å²) >= 11 is 0. The van der Waals surface area contributed by atoms with Crippen molar-refractivity contribution in [1.82, 2.24) is 4.90 Å². The molecule has 0 aromatic heterocycles. The van der Waals surface area contributed by atoms with Crippen molar-refractivity contribution in [2.24, 2.45) is 5.73 Å². The van der Waals surface area contributed by atoms with Gasteiger partial charge in [0.1, 0.15) is 5.82 Å². The summed E-state index contributed by atoms with van der Waals surface area (Å²) in [7, 11) is -3.65. The van der Waals surface area contributed by atoms with Gasteiger partial charge in [0.2, 0.25) is 5.91 Å². The minimum atomic E-state index is -3.65. The zero-order valence-corrected chi connectivity index (χ0v) is 13.4. The van der Waals surface area contributed by atoms with E-state index in [1.807, 2.05) is 0 Å².